The van der Waals surface area contributed by atoms with Crippen LogP contribution in [0.5, 0.6) is 5.75 Å². The summed E-state index contributed by atoms with van der Waals surface area (Å²) in [5, 5.41) is 6.46. The molecule has 2 amide bonds. The van der Waals surface area contributed by atoms with Crippen LogP contribution in [-0.2, 0) is 9.59 Å². The Bertz CT molecular complexity index is 1200. The summed E-state index contributed by atoms with van der Waals surface area (Å²) in [6, 6.07) is 18.0. The highest BCUT2D eigenvalue weighted by Gasteiger charge is 2.16. The third-order valence-electron chi connectivity index (χ3n) is 3.96. The molecule has 3 rings (SSSR count). The lowest BCUT2D eigenvalue weighted by Gasteiger charge is -2.08. The van der Waals surface area contributed by atoms with Crippen LogP contribution in [0.2, 0.25) is 10.0 Å². The van der Waals surface area contributed by atoms with Crippen LogP contribution in [0.4, 0.5) is 5.69 Å². The van der Waals surface area contributed by atoms with E-state index in [4.69, 9.17) is 27.9 Å². The smallest absolute Gasteiger partial charge is 0.343 e. The van der Waals surface area contributed by atoms with E-state index in [2.05, 4.69) is 31.8 Å². The van der Waals surface area contributed by atoms with Crippen molar-refractivity contribution in [2.45, 2.75) is 0 Å². The number of hydrogen-bond acceptors (Lipinski definition) is 5. The zero-order chi connectivity index (χ0) is 23.1. The summed E-state index contributed by atoms with van der Waals surface area (Å²) in [6.07, 6.45) is 1.25. The molecule has 0 saturated carbocycles. The van der Waals surface area contributed by atoms with Gasteiger partial charge in [-0.3, -0.25) is 9.59 Å². The van der Waals surface area contributed by atoms with E-state index >= 15 is 0 Å². The largest absolute Gasteiger partial charge is 0.422 e. The second-order valence-electron chi connectivity index (χ2n) is 6.19. The summed E-state index contributed by atoms with van der Waals surface area (Å²) in [7, 11) is 0. The molecule has 0 aliphatic rings. The lowest BCUT2D eigenvalue weighted by Crippen LogP contribution is -2.32. The van der Waals surface area contributed by atoms with Crippen molar-refractivity contribution < 1.29 is 19.1 Å². The zero-order valence-electron chi connectivity index (χ0n) is 16.1. The summed E-state index contributed by atoms with van der Waals surface area (Å²) in [5.41, 5.74) is 3.06. The maximum absolute atomic E-state index is 12.3. The molecule has 0 spiro atoms. The summed E-state index contributed by atoms with van der Waals surface area (Å²) in [4.78, 5) is 36.4. The molecule has 0 aliphatic heterocycles. The molecule has 0 bridgehead atoms. The van der Waals surface area contributed by atoms with Gasteiger partial charge in [-0.25, -0.2) is 10.2 Å². The highest BCUT2D eigenvalue weighted by atomic mass is 79.9. The van der Waals surface area contributed by atoms with Gasteiger partial charge < -0.3 is 10.1 Å². The molecule has 0 unspecified atom stereocenters. The molecule has 10 heteroatoms. The predicted octanol–water partition coefficient (Wildman–Crippen LogP) is 5.06. The van der Waals surface area contributed by atoms with Crippen LogP contribution < -0.4 is 15.5 Å². The van der Waals surface area contributed by atoms with Crippen molar-refractivity contribution in [1.29, 1.82) is 0 Å². The standard InChI is InChI=1S/C22H14BrCl2N3O4/c23-15-9-10-18(32-22(31)13-5-2-1-3-6-13)14(11-15)12-26-28-21(30)20(29)27-17-8-4-7-16(24)19(17)25/h1-12H,(H,27,29)(H,28,30). The van der Waals surface area contributed by atoms with Crippen LogP contribution in [0.15, 0.2) is 76.3 Å². The van der Waals surface area contributed by atoms with Crippen molar-refractivity contribution in [2.75, 3.05) is 5.32 Å². The fraction of sp³-hybridized carbons (Fsp3) is 0. The number of nitrogens with zero attached hydrogens (tertiary/aromatic N) is 1. The maximum Gasteiger partial charge on any atom is 0.343 e. The van der Waals surface area contributed by atoms with E-state index in [1.807, 2.05) is 0 Å². The van der Waals surface area contributed by atoms with Crippen molar-refractivity contribution in [2.24, 2.45) is 5.10 Å². The fourth-order valence-electron chi connectivity index (χ4n) is 2.44. The van der Waals surface area contributed by atoms with Crippen LogP contribution in [0.1, 0.15) is 15.9 Å². The minimum absolute atomic E-state index is 0.109. The Morgan fingerprint density at radius 3 is 2.44 bits per heavy atom. The molecular weight excluding hydrogens is 521 g/mol. The SMILES string of the molecule is O=C(NN=Cc1cc(Br)ccc1OC(=O)c1ccccc1)C(=O)Nc1cccc(Cl)c1Cl. The molecule has 3 aromatic rings. The van der Waals surface area contributed by atoms with Gasteiger partial charge in [0.2, 0.25) is 0 Å². The van der Waals surface area contributed by atoms with Crippen molar-refractivity contribution in [3.8, 4) is 5.75 Å². The second-order valence-corrected chi connectivity index (χ2v) is 7.89. The Labute approximate surface area is 201 Å². The van der Waals surface area contributed by atoms with Gasteiger partial charge in [0, 0.05) is 10.0 Å². The van der Waals surface area contributed by atoms with E-state index < -0.39 is 17.8 Å². The Kier molecular flexibility index (Phi) is 7.99. The number of carbonyl (C=O) groups excluding carboxylic acids is 3. The molecule has 32 heavy (non-hydrogen) atoms. The van der Waals surface area contributed by atoms with Gasteiger partial charge in [0.05, 0.1) is 27.5 Å². The lowest BCUT2D eigenvalue weighted by atomic mass is 10.2. The highest BCUT2D eigenvalue weighted by Crippen LogP contribution is 2.29. The number of amides is 2. The molecule has 0 radical (unpaired) electrons. The summed E-state index contributed by atoms with van der Waals surface area (Å²) in [5.74, 6) is -2.36. The van der Waals surface area contributed by atoms with Crippen LogP contribution in [0.3, 0.4) is 0 Å². The van der Waals surface area contributed by atoms with Gasteiger partial charge >= 0.3 is 17.8 Å². The lowest BCUT2D eigenvalue weighted by molar-refractivity contribution is -0.136. The van der Waals surface area contributed by atoms with Gasteiger partial charge in [-0.15, -0.1) is 0 Å². The average Bonchev–Trinajstić information content (AvgIpc) is 2.79. The number of nitrogens with one attached hydrogen (secondary N) is 2. The third-order valence-corrected chi connectivity index (χ3v) is 5.27. The normalized spacial score (nSPS) is 10.6. The minimum Gasteiger partial charge on any atom is -0.422 e. The first-order valence-electron chi connectivity index (χ1n) is 9.00. The van der Waals surface area contributed by atoms with Crippen molar-refractivity contribution in [1.82, 2.24) is 5.43 Å². The predicted molar refractivity (Wildman–Crippen MR) is 126 cm³/mol. The van der Waals surface area contributed by atoms with Gasteiger partial charge in [0.25, 0.3) is 0 Å². The van der Waals surface area contributed by atoms with Crippen LogP contribution in [-0.4, -0.2) is 24.0 Å². The second kappa shape index (κ2) is 10.9. The zero-order valence-corrected chi connectivity index (χ0v) is 19.2. The number of ether oxygens (including phenoxy) is 1. The Morgan fingerprint density at radius 2 is 1.69 bits per heavy atom. The molecule has 0 fully saturated rings. The Hall–Kier alpha value is -3.20. The summed E-state index contributed by atoms with van der Waals surface area (Å²) < 4.78 is 6.12. The van der Waals surface area contributed by atoms with Crippen LogP contribution in [0.25, 0.3) is 0 Å². The molecule has 2 N–H and O–H groups in total. The fourth-order valence-corrected chi connectivity index (χ4v) is 3.16. The number of carbonyl (C=O) groups is 3. The van der Waals surface area contributed by atoms with Crippen molar-refractivity contribution in [3.05, 3.63) is 92.4 Å². The number of esters is 1. The number of hydrazone groups is 1. The molecule has 0 heterocycles. The van der Waals surface area contributed by atoms with Crippen LogP contribution >= 0.6 is 39.1 Å². The van der Waals surface area contributed by atoms with Crippen molar-refractivity contribution >= 4 is 68.8 Å². The van der Waals surface area contributed by atoms with E-state index in [0.29, 0.717) is 15.6 Å². The number of halogens is 3. The third kappa shape index (κ3) is 6.16. The van der Waals surface area contributed by atoms with E-state index in [0.717, 1.165) is 0 Å². The van der Waals surface area contributed by atoms with Crippen molar-refractivity contribution in [3.63, 3.8) is 0 Å². The summed E-state index contributed by atoms with van der Waals surface area (Å²) in [6.45, 7) is 0. The first-order valence-corrected chi connectivity index (χ1v) is 10.5. The first-order chi connectivity index (χ1) is 15.3. The number of benzene rings is 3. The van der Waals surface area contributed by atoms with Crippen LogP contribution in [0, 0.1) is 0 Å². The Morgan fingerprint density at radius 1 is 0.938 bits per heavy atom. The van der Waals surface area contributed by atoms with Gasteiger partial charge in [-0.05, 0) is 42.5 Å². The molecule has 7 nitrogen and oxygen atoms in total. The van der Waals surface area contributed by atoms with E-state index in [1.54, 1.807) is 60.7 Å². The number of rotatable bonds is 5. The maximum atomic E-state index is 12.3. The molecule has 0 aromatic heterocycles. The molecule has 3 aromatic carbocycles. The molecule has 0 saturated heterocycles. The average molecular weight is 535 g/mol. The Balaban J connectivity index is 1.67. The van der Waals surface area contributed by atoms with E-state index in [9.17, 15) is 14.4 Å². The molecule has 0 aliphatic carbocycles. The molecular formula is C22H14BrCl2N3O4. The monoisotopic (exact) mass is 533 g/mol. The van der Waals surface area contributed by atoms with E-state index in [-0.39, 0.29) is 21.5 Å². The summed E-state index contributed by atoms with van der Waals surface area (Å²) >= 11 is 15.2. The van der Waals surface area contributed by atoms with Gasteiger partial charge in [0.15, 0.2) is 0 Å². The van der Waals surface area contributed by atoms with Gasteiger partial charge in [0.1, 0.15) is 5.75 Å². The van der Waals surface area contributed by atoms with Gasteiger partial charge in [-0.1, -0.05) is 63.4 Å². The number of anilines is 1. The topological polar surface area (TPSA) is 96.9 Å². The molecule has 0 atom stereocenters. The van der Waals surface area contributed by atoms with E-state index in [1.165, 1.54) is 12.3 Å². The number of hydrogen-bond donors (Lipinski definition) is 2. The van der Waals surface area contributed by atoms with Gasteiger partial charge in [-0.2, -0.15) is 5.10 Å². The molecule has 162 valence electrons. The highest BCUT2D eigenvalue weighted by molar-refractivity contribution is 9.10. The quantitative estimate of drug-likeness (QED) is 0.157. The first kappa shape index (κ1) is 23.5. The minimum atomic E-state index is -1.03.